The maximum atomic E-state index is 12.0. The zero-order valence-corrected chi connectivity index (χ0v) is 12.6. The minimum absolute atomic E-state index is 0.200. The molecular weight excluding hydrogens is 268 g/mol. The van der Waals surface area contributed by atoms with Crippen molar-refractivity contribution in [1.29, 1.82) is 0 Å². The summed E-state index contributed by atoms with van der Waals surface area (Å²) in [4.78, 5) is 12.0. The molecule has 5 nitrogen and oxygen atoms in total. The first-order valence-electron chi connectivity index (χ1n) is 6.82. The number of ether oxygens (including phenoxy) is 2. The molecule has 5 heteroatoms. The number of methoxy groups -OCH3 is 2. The standard InChI is InChI=1S/C16H20N2O3/c1-18-11-13(10-17-18)4-6-14(19)8-12-5-7-15(20-2)16(9-12)21-3/h5,7,9-11H,4,6,8H2,1-3H3. The van der Waals surface area contributed by atoms with Crippen molar-refractivity contribution in [3.63, 3.8) is 0 Å². The number of aromatic nitrogens is 2. The summed E-state index contributed by atoms with van der Waals surface area (Å²) in [7, 11) is 5.05. The van der Waals surface area contributed by atoms with Crippen LogP contribution in [0.4, 0.5) is 0 Å². The number of benzene rings is 1. The Morgan fingerprint density at radius 2 is 1.95 bits per heavy atom. The Bertz CT molecular complexity index is 620. The molecule has 21 heavy (non-hydrogen) atoms. The Morgan fingerprint density at radius 1 is 1.19 bits per heavy atom. The van der Waals surface area contributed by atoms with Gasteiger partial charge in [0.1, 0.15) is 5.78 Å². The van der Waals surface area contributed by atoms with E-state index in [0.29, 0.717) is 24.3 Å². The molecule has 1 heterocycles. The Labute approximate surface area is 124 Å². The lowest BCUT2D eigenvalue weighted by molar-refractivity contribution is -0.118. The van der Waals surface area contributed by atoms with Crippen LogP contribution in [0, 0.1) is 0 Å². The van der Waals surface area contributed by atoms with Gasteiger partial charge in [-0.25, -0.2) is 0 Å². The molecule has 0 bridgehead atoms. The average Bonchev–Trinajstić information content (AvgIpc) is 2.90. The summed E-state index contributed by atoms with van der Waals surface area (Å²) < 4.78 is 12.2. The van der Waals surface area contributed by atoms with Crippen molar-refractivity contribution >= 4 is 5.78 Å². The summed E-state index contributed by atoms with van der Waals surface area (Å²) in [6.07, 6.45) is 5.37. The number of carbonyl (C=O) groups excluding carboxylic acids is 1. The van der Waals surface area contributed by atoms with E-state index in [1.165, 1.54) is 0 Å². The monoisotopic (exact) mass is 288 g/mol. The Morgan fingerprint density at radius 3 is 2.57 bits per heavy atom. The summed E-state index contributed by atoms with van der Waals surface area (Å²) in [6.45, 7) is 0. The van der Waals surface area contributed by atoms with E-state index in [9.17, 15) is 4.79 Å². The van der Waals surface area contributed by atoms with Crippen LogP contribution in [-0.2, 0) is 24.7 Å². The second kappa shape index (κ2) is 6.92. The van der Waals surface area contributed by atoms with Gasteiger partial charge in [-0.15, -0.1) is 0 Å². The minimum atomic E-state index is 0.200. The van der Waals surface area contributed by atoms with Gasteiger partial charge in [0.2, 0.25) is 0 Å². The lowest BCUT2D eigenvalue weighted by Crippen LogP contribution is -2.04. The van der Waals surface area contributed by atoms with Gasteiger partial charge in [-0.05, 0) is 29.7 Å². The molecule has 0 saturated heterocycles. The molecule has 112 valence electrons. The van der Waals surface area contributed by atoms with Gasteiger partial charge in [0.05, 0.1) is 20.4 Å². The van der Waals surface area contributed by atoms with E-state index < -0.39 is 0 Å². The number of ketones is 1. The fourth-order valence-electron chi connectivity index (χ4n) is 2.19. The van der Waals surface area contributed by atoms with Gasteiger partial charge >= 0.3 is 0 Å². The zero-order valence-electron chi connectivity index (χ0n) is 12.6. The normalized spacial score (nSPS) is 10.4. The third-order valence-corrected chi connectivity index (χ3v) is 3.30. The van der Waals surface area contributed by atoms with Crippen LogP contribution in [0.3, 0.4) is 0 Å². The van der Waals surface area contributed by atoms with Gasteiger partial charge in [-0.1, -0.05) is 6.07 Å². The van der Waals surface area contributed by atoms with Crippen LogP contribution < -0.4 is 9.47 Å². The molecule has 2 aromatic rings. The van der Waals surface area contributed by atoms with E-state index in [4.69, 9.17) is 9.47 Å². The molecule has 0 spiro atoms. The van der Waals surface area contributed by atoms with Gasteiger partial charge in [0.15, 0.2) is 11.5 Å². The van der Waals surface area contributed by atoms with Crippen molar-refractivity contribution < 1.29 is 14.3 Å². The highest BCUT2D eigenvalue weighted by Gasteiger charge is 2.09. The van der Waals surface area contributed by atoms with Crippen molar-refractivity contribution in [2.75, 3.05) is 14.2 Å². The largest absolute Gasteiger partial charge is 0.493 e. The molecule has 2 rings (SSSR count). The molecule has 0 radical (unpaired) electrons. The predicted octanol–water partition coefficient (Wildman–Crippen LogP) is 2.18. The first kappa shape index (κ1) is 15.1. The first-order chi connectivity index (χ1) is 10.1. The van der Waals surface area contributed by atoms with Crippen LogP contribution in [0.1, 0.15) is 17.5 Å². The second-order valence-electron chi connectivity index (χ2n) is 4.93. The topological polar surface area (TPSA) is 53.3 Å². The highest BCUT2D eigenvalue weighted by Crippen LogP contribution is 2.27. The van der Waals surface area contributed by atoms with Crippen LogP contribution in [0.5, 0.6) is 11.5 Å². The van der Waals surface area contributed by atoms with E-state index in [2.05, 4.69) is 5.10 Å². The summed E-state index contributed by atoms with van der Waals surface area (Å²) in [5.74, 6) is 1.52. The number of Topliss-reactive ketones (excluding diaryl/α,β-unsaturated/α-hetero) is 1. The predicted molar refractivity (Wildman–Crippen MR) is 79.8 cm³/mol. The summed E-state index contributed by atoms with van der Waals surface area (Å²) in [6, 6.07) is 5.56. The van der Waals surface area contributed by atoms with Gasteiger partial charge in [0.25, 0.3) is 0 Å². The molecular formula is C16H20N2O3. The van der Waals surface area contributed by atoms with Crippen LogP contribution in [0.25, 0.3) is 0 Å². The average molecular weight is 288 g/mol. The Kier molecular flexibility index (Phi) is 4.98. The number of nitrogens with zero attached hydrogens (tertiary/aromatic N) is 2. The molecule has 0 atom stereocenters. The lowest BCUT2D eigenvalue weighted by atomic mass is 10.0. The maximum absolute atomic E-state index is 12.0. The van der Waals surface area contributed by atoms with Crippen molar-refractivity contribution in [3.05, 3.63) is 41.7 Å². The fraction of sp³-hybridized carbons (Fsp3) is 0.375. The number of carbonyl (C=O) groups is 1. The number of hydrogen-bond donors (Lipinski definition) is 0. The number of aryl methyl sites for hydroxylation is 2. The van der Waals surface area contributed by atoms with Crippen molar-refractivity contribution in [3.8, 4) is 11.5 Å². The maximum Gasteiger partial charge on any atom is 0.161 e. The van der Waals surface area contributed by atoms with Crippen molar-refractivity contribution in [2.45, 2.75) is 19.3 Å². The molecule has 0 fully saturated rings. The second-order valence-corrected chi connectivity index (χ2v) is 4.93. The van der Waals surface area contributed by atoms with E-state index in [1.54, 1.807) is 25.1 Å². The molecule has 0 aliphatic heterocycles. The van der Waals surface area contributed by atoms with Crippen LogP contribution in [-0.4, -0.2) is 29.8 Å². The fourth-order valence-corrected chi connectivity index (χ4v) is 2.19. The highest BCUT2D eigenvalue weighted by molar-refractivity contribution is 5.81. The summed E-state index contributed by atoms with van der Waals surface area (Å²) in [5, 5.41) is 4.10. The van der Waals surface area contributed by atoms with E-state index in [0.717, 1.165) is 17.5 Å². The van der Waals surface area contributed by atoms with Crippen LogP contribution in [0.2, 0.25) is 0 Å². The quantitative estimate of drug-likeness (QED) is 0.783. The SMILES string of the molecule is COc1ccc(CC(=O)CCc2cnn(C)c2)cc1OC. The Hall–Kier alpha value is -2.30. The highest BCUT2D eigenvalue weighted by atomic mass is 16.5. The summed E-state index contributed by atoms with van der Waals surface area (Å²) >= 11 is 0. The minimum Gasteiger partial charge on any atom is -0.493 e. The van der Waals surface area contributed by atoms with E-state index in [1.807, 2.05) is 31.4 Å². The molecule has 1 aromatic carbocycles. The third kappa shape index (κ3) is 4.08. The molecule has 0 amide bonds. The smallest absolute Gasteiger partial charge is 0.161 e. The number of hydrogen-bond acceptors (Lipinski definition) is 4. The van der Waals surface area contributed by atoms with Gasteiger partial charge < -0.3 is 9.47 Å². The van der Waals surface area contributed by atoms with Crippen molar-refractivity contribution in [1.82, 2.24) is 9.78 Å². The van der Waals surface area contributed by atoms with E-state index in [-0.39, 0.29) is 5.78 Å². The van der Waals surface area contributed by atoms with Crippen LogP contribution in [0.15, 0.2) is 30.6 Å². The molecule has 0 N–H and O–H groups in total. The molecule has 0 saturated carbocycles. The molecule has 1 aromatic heterocycles. The van der Waals surface area contributed by atoms with Gasteiger partial charge in [-0.2, -0.15) is 5.10 Å². The van der Waals surface area contributed by atoms with E-state index >= 15 is 0 Å². The zero-order chi connectivity index (χ0) is 15.2. The molecule has 0 aliphatic carbocycles. The third-order valence-electron chi connectivity index (χ3n) is 3.30. The lowest BCUT2D eigenvalue weighted by Gasteiger charge is -2.09. The van der Waals surface area contributed by atoms with Gasteiger partial charge in [0, 0.05) is 26.1 Å². The van der Waals surface area contributed by atoms with Gasteiger partial charge in [-0.3, -0.25) is 9.48 Å². The summed E-state index contributed by atoms with van der Waals surface area (Å²) in [5.41, 5.74) is 2.02. The molecule has 0 aliphatic rings. The Balaban J connectivity index is 1.93. The van der Waals surface area contributed by atoms with Crippen LogP contribution >= 0.6 is 0 Å². The molecule has 0 unspecified atom stereocenters. The number of rotatable bonds is 7. The van der Waals surface area contributed by atoms with Crippen molar-refractivity contribution in [2.24, 2.45) is 7.05 Å². The first-order valence-corrected chi connectivity index (χ1v) is 6.82.